The van der Waals surface area contributed by atoms with Crippen LogP contribution in [0.2, 0.25) is 0 Å². The van der Waals surface area contributed by atoms with Gasteiger partial charge >= 0.3 is 6.36 Å². The Morgan fingerprint density at radius 1 is 0.757 bits per heavy atom. The standard InChI is InChI=1S/C31H25F5O/c1-2-3-4-5-6-21-7-9-22(10-8-21)11-12-23-13-16-26-24(19-23)14-17-27(30(26)33)25-15-18-29(28(32)20-25)37-31(34,35)36/h7-10,13-20H,2-6H2,1H3. The normalized spacial score (nSPS) is 11.3. The molecule has 0 saturated heterocycles. The first-order chi connectivity index (χ1) is 17.7. The molecule has 1 nitrogen and oxygen atoms in total. The zero-order valence-corrected chi connectivity index (χ0v) is 20.3. The molecule has 190 valence electrons. The van der Waals surface area contributed by atoms with Crippen LogP contribution in [0.4, 0.5) is 22.0 Å². The fourth-order valence-corrected chi connectivity index (χ4v) is 4.12. The van der Waals surface area contributed by atoms with E-state index < -0.39 is 23.7 Å². The molecule has 0 unspecified atom stereocenters. The van der Waals surface area contributed by atoms with Crippen LogP contribution in [0.5, 0.6) is 5.75 Å². The Bertz CT molecular complexity index is 1440. The van der Waals surface area contributed by atoms with Crippen LogP contribution < -0.4 is 4.74 Å². The number of alkyl halides is 3. The SMILES string of the molecule is CCCCCCc1ccc(C#Cc2ccc3c(F)c(-c4ccc(OC(F)(F)F)c(F)c4)ccc3c2)cc1. The number of hydrogen-bond donors (Lipinski definition) is 0. The lowest BCUT2D eigenvalue weighted by molar-refractivity contribution is -0.275. The van der Waals surface area contributed by atoms with E-state index in [9.17, 15) is 17.6 Å². The van der Waals surface area contributed by atoms with E-state index in [0.29, 0.717) is 16.3 Å². The van der Waals surface area contributed by atoms with Crippen molar-refractivity contribution in [3.05, 3.63) is 101 Å². The highest BCUT2D eigenvalue weighted by atomic mass is 19.4. The first kappa shape index (κ1) is 26.2. The van der Waals surface area contributed by atoms with Crippen LogP contribution in [0.1, 0.15) is 49.3 Å². The number of halogens is 5. The topological polar surface area (TPSA) is 9.23 Å². The predicted molar refractivity (Wildman–Crippen MR) is 136 cm³/mol. The molecule has 0 amide bonds. The molecule has 4 rings (SSSR count). The summed E-state index contributed by atoms with van der Waals surface area (Å²) in [7, 11) is 0. The molecule has 0 bridgehead atoms. The van der Waals surface area contributed by atoms with Crippen LogP contribution in [0.15, 0.2) is 72.8 Å². The van der Waals surface area contributed by atoms with E-state index in [1.165, 1.54) is 43.4 Å². The fraction of sp³-hybridized carbons (Fsp3) is 0.226. The van der Waals surface area contributed by atoms with Gasteiger partial charge in [-0.3, -0.25) is 0 Å². The molecule has 0 aliphatic rings. The number of ether oxygens (including phenoxy) is 1. The zero-order valence-electron chi connectivity index (χ0n) is 20.3. The molecule has 0 aliphatic carbocycles. The minimum Gasteiger partial charge on any atom is -0.403 e. The third kappa shape index (κ3) is 6.89. The molecule has 0 aromatic heterocycles. The summed E-state index contributed by atoms with van der Waals surface area (Å²) < 4.78 is 70.2. The molecule has 0 heterocycles. The molecule has 4 aromatic carbocycles. The maximum absolute atomic E-state index is 15.2. The number of aryl methyl sites for hydroxylation is 1. The summed E-state index contributed by atoms with van der Waals surface area (Å²) in [6, 6.07) is 19.2. The average molecular weight is 509 g/mol. The summed E-state index contributed by atoms with van der Waals surface area (Å²) in [4.78, 5) is 0. The molecule has 0 saturated carbocycles. The summed E-state index contributed by atoms with van der Waals surface area (Å²) in [6.45, 7) is 2.20. The van der Waals surface area contributed by atoms with Gasteiger partial charge in [0.25, 0.3) is 0 Å². The molecule has 0 atom stereocenters. The van der Waals surface area contributed by atoms with Gasteiger partial charge in [-0.25, -0.2) is 8.78 Å². The van der Waals surface area contributed by atoms with Crippen molar-refractivity contribution in [2.45, 2.75) is 45.4 Å². The third-order valence-corrected chi connectivity index (χ3v) is 6.05. The van der Waals surface area contributed by atoms with Gasteiger partial charge in [0.1, 0.15) is 5.82 Å². The smallest absolute Gasteiger partial charge is 0.403 e. The molecule has 4 aromatic rings. The highest BCUT2D eigenvalue weighted by molar-refractivity contribution is 5.89. The van der Waals surface area contributed by atoms with Crippen LogP contribution in [0, 0.1) is 23.5 Å². The van der Waals surface area contributed by atoms with Gasteiger partial charge in [-0.1, -0.05) is 74.4 Å². The van der Waals surface area contributed by atoms with E-state index in [1.807, 2.05) is 12.1 Å². The minimum absolute atomic E-state index is 0.0681. The number of fused-ring (bicyclic) bond motifs is 1. The monoisotopic (exact) mass is 508 g/mol. The molecular formula is C31H25F5O. The van der Waals surface area contributed by atoms with Crippen LogP contribution in [-0.4, -0.2) is 6.36 Å². The van der Waals surface area contributed by atoms with Crippen molar-refractivity contribution in [3.63, 3.8) is 0 Å². The second-order valence-corrected chi connectivity index (χ2v) is 8.81. The molecular weight excluding hydrogens is 483 g/mol. The van der Waals surface area contributed by atoms with Crippen LogP contribution in [0.25, 0.3) is 21.9 Å². The molecule has 0 radical (unpaired) electrons. The Morgan fingerprint density at radius 2 is 1.49 bits per heavy atom. The Labute approximate surface area is 212 Å². The van der Waals surface area contributed by atoms with Gasteiger partial charge in [0.15, 0.2) is 11.6 Å². The lowest BCUT2D eigenvalue weighted by Crippen LogP contribution is -2.17. The van der Waals surface area contributed by atoms with Gasteiger partial charge < -0.3 is 4.74 Å². The average Bonchev–Trinajstić information content (AvgIpc) is 2.87. The number of hydrogen-bond acceptors (Lipinski definition) is 1. The molecule has 37 heavy (non-hydrogen) atoms. The summed E-state index contributed by atoms with van der Waals surface area (Å²) in [5.41, 5.74) is 3.06. The molecule has 0 spiro atoms. The van der Waals surface area contributed by atoms with Gasteiger partial charge in [-0.15, -0.1) is 13.2 Å². The maximum Gasteiger partial charge on any atom is 0.573 e. The Hall–Kier alpha value is -3.85. The maximum atomic E-state index is 15.2. The summed E-state index contributed by atoms with van der Waals surface area (Å²) in [5, 5.41) is 0.902. The van der Waals surface area contributed by atoms with Crippen LogP contribution in [-0.2, 0) is 6.42 Å². The van der Waals surface area contributed by atoms with Crippen molar-refractivity contribution in [2.75, 3.05) is 0 Å². The first-order valence-electron chi connectivity index (χ1n) is 12.1. The van der Waals surface area contributed by atoms with E-state index in [1.54, 1.807) is 24.3 Å². The predicted octanol–water partition coefficient (Wildman–Crippen LogP) is 9.21. The second-order valence-electron chi connectivity index (χ2n) is 8.81. The molecule has 0 fully saturated rings. The molecule has 6 heteroatoms. The third-order valence-electron chi connectivity index (χ3n) is 6.05. The van der Waals surface area contributed by atoms with Gasteiger partial charge in [0.2, 0.25) is 0 Å². The van der Waals surface area contributed by atoms with Gasteiger partial charge in [0, 0.05) is 22.1 Å². The highest BCUT2D eigenvalue weighted by Gasteiger charge is 2.32. The lowest BCUT2D eigenvalue weighted by atomic mass is 9.98. The van der Waals surface area contributed by atoms with Crippen molar-refractivity contribution in [3.8, 4) is 28.7 Å². The zero-order chi connectivity index (χ0) is 26.4. The van der Waals surface area contributed by atoms with Gasteiger partial charge in [-0.05, 0) is 65.8 Å². The molecule has 0 N–H and O–H groups in total. The summed E-state index contributed by atoms with van der Waals surface area (Å²) in [6.07, 6.45) is 0.934. The Kier molecular flexibility index (Phi) is 8.13. The number of benzene rings is 4. The van der Waals surface area contributed by atoms with Crippen molar-refractivity contribution in [1.29, 1.82) is 0 Å². The van der Waals surface area contributed by atoms with Crippen molar-refractivity contribution in [2.24, 2.45) is 0 Å². The van der Waals surface area contributed by atoms with Crippen molar-refractivity contribution in [1.82, 2.24) is 0 Å². The first-order valence-corrected chi connectivity index (χ1v) is 12.1. The van der Waals surface area contributed by atoms with Crippen LogP contribution >= 0.6 is 0 Å². The van der Waals surface area contributed by atoms with Crippen molar-refractivity contribution < 1.29 is 26.7 Å². The summed E-state index contributed by atoms with van der Waals surface area (Å²) in [5.74, 6) is 3.43. The Morgan fingerprint density at radius 3 is 2.19 bits per heavy atom. The van der Waals surface area contributed by atoms with E-state index in [4.69, 9.17) is 0 Å². The minimum atomic E-state index is -5.02. The van der Waals surface area contributed by atoms with E-state index in [0.717, 1.165) is 24.1 Å². The number of rotatable bonds is 7. The quantitative estimate of drug-likeness (QED) is 0.137. The van der Waals surface area contributed by atoms with Gasteiger partial charge in [0.05, 0.1) is 0 Å². The molecule has 0 aliphatic heterocycles. The lowest BCUT2D eigenvalue weighted by Gasteiger charge is -2.12. The van der Waals surface area contributed by atoms with E-state index in [-0.39, 0.29) is 11.1 Å². The number of unbranched alkanes of at least 4 members (excludes halogenated alkanes) is 3. The largest absolute Gasteiger partial charge is 0.573 e. The highest BCUT2D eigenvalue weighted by Crippen LogP contribution is 2.33. The fourth-order valence-electron chi connectivity index (χ4n) is 4.12. The van der Waals surface area contributed by atoms with E-state index in [2.05, 4.69) is 35.6 Å². The van der Waals surface area contributed by atoms with Crippen molar-refractivity contribution >= 4 is 10.8 Å². The van der Waals surface area contributed by atoms with E-state index >= 15 is 4.39 Å². The Balaban J connectivity index is 1.51. The second kappa shape index (κ2) is 11.5. The van der Waals surface area contributed by atoms with Gasteiger partial charge in [-0.2, -0.15) is 0 Å². The van der Waals surface area contributed by atoms with Crippen LogP contribution in [0.3, 0.4) is 0 Å². The summed E-state index contributed by atoms with van der Waals surface area (Å²) >= 11 is 0.